The number of hydrogen-bond acceptors (Lipinski definition) is 2. The number of halogens is 4. The first-order valence-electron chi connectivity index (χ1n) is 3.58. The van der Waals surface area contributed by atoms with Gasteiger partial charge in [-0.15, -0.1) is 0 Å². The largest absolute Gasteiger partial charge is 0.355 e. The molecule has 0 aromatic heterocycles. The van der Waals surface area contributed by atoms with Gasteiger partial charge in [0, 0.05) is 10.2 Å². The Morgan fingerprint density at radius 2 is 2.00 bits per heavy atom. The van der Waals surface area contributed by atoms with Crippen molar-refractivity contribution in [2.75, 3.05) is 4.72 Å². The second-order valence-electron chi connectivity index (χ2n) is 2.54. The summed E-state index contributed by atoms with van der Waals surface area (Å²) in [7, 11) is -4.63. The van der Waals surface area contributed by atoms with Crippen LogP contribution in [-0.2, 0) is 10.0 Å². The summed E-state index contributed by atoms with van der Waals surface area (Å²) in [5, 5.41) is 0.356. The molecule has 0 fully saturated rings. The molecule has 0 aliphatic carbocycles. The molecule has 0 atom stereocenters. The van der Waals surface area contributed by atoms with Gasteiger partial charge in [-0.05, 0) is 34.1 Å². The molecule has 1 N–H and O–H groups in total. The van der Waals surface area contributed by atoms with Gasteiger partial charge < -0.3 is 0 Å². The molecule has 0 bridgehead atoms. The molecular formula is C7H5BrClF2NO2S. The Kier molecular flexibility index (Phi) is 3.91. The number of nitrogens with one attached hydrogen (secondary N) is 1. The van der Waals surface area contributed by atoms with Crippen molar-refractivity contribution >= 4 is 43.2 Å². The number of hydrogen-bond donors (Lipinski definition) is 1. The summed E-state index contributed by atoms with van der Waals surface area (Å²) in [6, 6.07) is 3.96. The predicted octanol–water partition coefficient (Wildman–Crippen LogP) is 3.07. The van der Waals surface area contributed by atoms with E-state index in [1.165, 1.54) is 18.2 Å². The Balaban J connectivity index is 2.96. The average molecular weight is 321 g/mol. The Bertz CT molecular complexity index is 466. The van der Waals surface area contributed by atoms with Gasteiger partial charge in [-0.1, -0.05) is 11.6 Å². The highest BCUT2D eigenvalue weighted by molar-refractivity contribution is 9.10. The highest BCUT2D eigenvalue weighted by atomic mass is 79.9. The van der Waals surface area contributed by atoms with E-state index in [-0.39, 0.29) is 5.69 Å². The fraction of sp³-hybridized carbons (Fsp3) is 0.143. The molecule has 0 aliphatic rings. The minimum absolute atomic E-state index is 0.0200. The van der Waals surface area contributed by atoms with Crippen molar-refractivity contribution < 1.29 is 17.2 Å². The van der Waals surface area contributed by atoms with E-state index in [0.29, 0.717) is 9.50 Å². The SMILES string of the molecule is O=S(=O)(Nc1ccc(Cl)c(Br)c1)C(F)F. The number of benzene rings is 1. The zero-order valence-electron chi connectivity index (χ0n) is 7.05. The van der Waals surface area contributed by atoms with Crippen molar-refractivity contribution in [3.63, 3.8) is 0 Å². The number of rotatable bonds is 3. The quantitative estimate of drug-likeness (QED) is 0.930. The summed E-state index contributed by atoms with van der Waals surface area (Å²) in [5.74, 6) is -3.47. The van der Waals surface area contributed by atoms with Crippen LogP contribution in [0.2, 0.25) is 5.02 Å². The molecule has 0 unspecified atom stereocenters. The lowest BCUT2D eigenvalue weighted by atomic mass is 10.3. The fourth-order valence-electron chi connectivity index (χ4n) is 0.768. The summed E-state index contributed by atoms with van der Waals surface area (Å²) in [4.78, 5) is 0. The average Bonchev–Trinajstić information content (AvgIpc) is 2.10. The molecule has 0 heterocycles. The van der Waals surface area contributed by atoms with Crippen LogP contribution in [0.15, 0.2) is 22.7 Å². The Morgan fingerprint density at radius 3 is 2.47 bits per heavy atom. The van der Waals surface area contributed by atoms with Crippen LogP contribution in [0, 0.1) is 0 Å². The van der Waals surface area contributed by atoms with Crippen LogP contribution in [0.3, 0.4) is 0 Å². The van der Waals surface area contributed by atoms with E-state index < -0.39 is 15.8 Å². The first-order valence-corrected chi connectivity index (χ1v) is 6.29. The third-order valence-electron chi connectivity index (χ3n) is 1.41. The van der Waals surface area contributed by atoms with Crippen molar-refractivity contribution in [1.82, 2.24) is 0 Å². The molecular weight excluding hydrogens is 316 g/mol. The van der Waals surface area contributed by atoms with Crippen LogP contribution in [0.5, 0.6) is 0 Å². The molecule has 8 heteroatoms. The van der Waals surface area contributed by atoms with Crippen molar-refractivity contribution in [3.8, 4) is 0 Å². The summed E-state index contributed by atoms with van der Waals surface area (Å²) in [6.07, 6.45) is 0. The highest BCUT2D eigenvalue weighted by Crippen LogP contribution is 2.26. The normalized spacial score (nSPS) is 11.8. The van der Waals surface area contributed by atoms with E-state index in [0.717, 1.165) is 0 Å². The van der Waals surface area contributed by atoms with Gasteiger partial charge in [-0.3, -0.25) is 4.72 Å². The molecule has 0 saturated carbocycles. The molecule has 0 aliphatic heterocycles. The first-order chi connectivity index (χ1) is 6.83. The van der Waals surface area contributed by atoms with Gasteiger partial charge in [-0.2, -0.15) is 8.78 Å². The smallest absolute Gasteiger partial charge is 0.279 e. The fourth-order valence-corrected chi connectivity index (χ4v) is 1.81. The van der Waals surface area contributed by atoms with Crippen molar-refractivity contribution in [3.05, 3.63) is 27.7 Å². The summed E-state index contributed by atoms with van der Waals surface area (Å²) in [5.41, 5.74) is 0.0200. The standard InChI is InChI=1S/C7H5BrClF2NO2S/c8-5-3-4(1-2-6(5)9)12-15(13,14)7(10)11/h1-3,7,12H. The lowest BCUT2D eigenvalue weighted by Crippen LogP contribution is -2.20. The predicted molar refractivity (Wildman–Crippen MR) is 57.7 cm³/mol. The molecule has 3 nitrogen and oxygen atoms in total. The second kappa shape index (κ2) is 4.63. The Labute approximate surface area is 98.6 Å². The van der Waals surface area contributed by atoms with Gasteiger partial charge in [0.2, 0.25) is 0 Å². The third-order valence-corrected chi connectivity index (χ3v) is 3.62. The van der Waals surface area contributed by atoms with Gasteiger partial charge in [-0.25, -0.2) is 8.42 Å². The lowest BCUT2D eigenvalue weighted by Gasteiger charge is -2.07. The minimum atomic E-state index is -4.63. The van der Waals surface area contributed by atoms with Gasteiger partial charge in [0.25, 0.3) is 10.0 Å². The van der Waals surface area contributed by atoms with E-state index in [2.05, 4.69) is 15.9 Å². The molecule has 0 amide bonds. The maximum absolute atomic E-state index is 12.0. The highest BCUT2D eigenvalue weighted by Gasteiger charge is 2.23. The second-order valence-corrected chi connectivity index (χ2v) is 5.45. The van der Waals surface area contributed by atoms with E-state index in [1.807, 2.05) is 0 Å². The summed E-state index contributed by atoms with van der Waals surface area (Å²) >= 11 is 8.68. The van der Waals surface area contributed by atoms with Crippen LogP contribution in [0.4, 0.5) is 14.5 Å². The van der Waals surface area contributed by atoms with Crippen molar-refractivity contribution in [2.45, 2.75) is 5.76 Å². The minimum Gasteiger partial charge on any atom is -0.279 e. The van der Waals surface area contributed by atoms with E-state index >= 15 is 0 Å². The first kappa shape index (κ1) is 12.7. The third kappa shape index (κ3) is 3.29. The molecule has 0 saturated heterocycles. The molecule has 15 heavy (non-hydrogen) atoms. The van der Waals surface area contributed by atoms with E-state index in [1.54, 1.807) is 4.72 Å². The van der Waals surface area contributed by atoms with Crippen molar-refractivity contribution in [2.24, 2.45) is 0 Å². The van der Waals surface area contributed by atoms with Crippen LogP contribution < -0.4 is 4.72 Å². The van der Waals surface area contributed by atoms with Gasteiger partial charge in [0.1, 0.15) is 0 Å². The summed E-state index contributed by atoms with van der Waals surface area (Å²) < 4.78 is 47.7. The zero-order chi connectivity index (χ0) is 11.6. The number of anilines is 1. The monoisotopic (exact) mass is 319 g/mol. The van der Waals surface area contributed by atoms with Crippen LogP contribution in [0.25, 0.3) is 0 Å². The van der Waals surface area contributed by atoms with Gasteiger partial charge in [0.15, 0.2) is 0 Å². The molecule has 1 aromatic carbocycles. The zero-order valence-corrected chi connectivity index (χ0v) is 10.2. The number of alkyl halides is 2. The Morgan fingerprint density at radius 1 is 1.40 bits per heavy atom. The Hall–Kier alpha value is -0.400. The van der Waals surface area contributed by atoms with Crippen LogP contribution >= 0.6 is 27.5 Å². The van der Waals surface area contributed by atoms with Crippen LogP contribution in [-0.4, -0.2) is 14.2 Å². The number of sulfonamides is 1. The molecule has 0 spiro atoms. The van der Waals surface area contributed by atoms with Gasteiger partial charge in [0.05, 0.1) is 5.02 Å². The molecule has 0 radical (unpaired) electrons. The summed E-state index contributed by atoms with van der Waals surface area (Å²) in [6.45, 7) is 0. The lowest BCUT2D eigenvalue weighted by molar-refractivity contribution is 0.236. The molecule has 1 rings (SSSR count). The maximum Gasteiger partial charge on any atom is 0.355 e. The molecule has 84 valence electrons. The van der Waals surface area contributed by atoms with Gasteiger partial charge >= 0.3 is 5.76 Å². The van der Waals surface area contributed by atoms with Crippen LogP contribution in [0.1, 0.15) is 0 Å². The topological polar surface area (TPSA) is 46.2 Å². The van der Waals surface area contributed by atoms with E-state index in [4.69, 9.17) is 11.6 Å². The molecule has 1 aromatic rings. The van der Waals surface area contributed by atoms with Crippen molar-refractivity contribution in [1.29, 1.82) is 0 Å². The maximum atomic E-state index is 12.0. The van der Waals surface area contributed by atoms with E-state index in [9.17, 15) is 17.2 Å².